The van der Waals surface area contributed by atoms with Gasteiger partial charge < -0.3 is 4.42 Å². The van der Waals surface area contributed by atoms with Crippen LogP contribution >= 0.6 is 15.9 Å². The number of halogens is 1. The van der Waals surface area contributed by atoms with E-state index in [4.69, 9.17) is 4.42 Å². The Kier molecular flexibility index (Phi) is 4.30. The van der Waals surface area contributed by atoms with Crippen LogP contribution in [0.5, 0.6) is 0 Å². The zero-order valence-corrected chi connectivity index (χ0v) is 11.1. The lowest BCUT2D eigenvalue weighted by Crippen LogP contribution is -2.19. The van der Waals surface area contributed by atoms with Crippen LogP contribution in [-0.4, -0.2) is 12.1 Å². The number of hydrogen-bond acceptors (Lipinski definition) is 3. The Labute approximate surface area is 113 Å². The van der Waals surface area contributed by atoms with Gasteiger partial charge in [-0.05, 0) is 29.8 Å². The topological polar surface area (TPSA) is 54.6 Å². The van der Waals surface area contributed by atoms with Gasteiger partial charge in [-0.25, -0.2) is 5.43 Å². The minimum atomic E-state index is -0.167. The molecule has 0 saturated carbocycles. The molecule has 92 valence electrons. The summed E-state index contributed by atoms with van der Waals surface area (Å²) in [5.74, 6) is 0.430. The molecule has 0 fully saturated rings. The summed E-state index contributed by atoms with van der Waals surface area (Å²) in [7, 11) is 0. The maximum Gasteiger partial charge on any atom is 0.244 e. The molecule has 0 aliphatic heterocycles. The van der Waals surface area contributed by atoms with E-state index in [0.717, 1.165) is 10.0 Å². The Hall–Kier alpha value is -1.88. The van der Waals surface area contributed by atoms with Gasteiger partial charge in [-0.3, -0.25) is 4.79 Å². The third-order valence-corrected chi connectivity index (χ3v) is 2.73. The first-order valence-electron chi connectivity index (χ1n) is 5.34. The number of nitrogens with zero attached hydrogens (tertiary/aromatic N) is 1. The van der Waals surface area contributed by atoms with Gasteiger partial charge in [0.25, 0.3) is 0 Å². The van der Waals surface area contributed by atoms with E-state index in [1.54, 1.807) is 18.4 Å². The predicted molar refractivity (Wildman–Crippen MR) is 72.3 cm³/mol. The van der Waals surface area contributed by atoms with Crippen molar-refractivity contribution in [3.63, 3.8) is 0 Å². The van der Waals surface area contributed by atoms with E-state index in [1.165, 1.54) is 6.21 Å². The first-order valence-corrected chi connectivity index (χ1v) is 6.13. The fourth-order valence-corrected chi connectivity index (χ4v) is 1.62. The van der Waals surface area contributed by atoms with Crippen molar-refractivity contribution in [2.24, 2.45) is 5.10 Å². The van der Waals surface area contributed by atoms with Gasteiger partial charge in [-0.1, -0.05) is 28.1 Å². The molecule has 4 nitrogen and oxygen atoms in total. The summed E-state index contributed by atoms with van der Waals surface area (Å²) in [5.41, 5.74) is 3.38. The van der Waals surface area contributed by atoms with Crippen LogP contribution in [-0.2, 0) is 11.2 Å². The van der Waals surface area contributed by atoms with Gasteiger partial charge in [0.05, 0.1) is 18.9 Å². The fraction of sp³-hybridized carbons (Fsp3) is 0.0769. The van der Waals surface area contributed by atoms with Gasteiger partial charge in [0.1, 0.15) is 5.76 Å². The SMILES string of the molecule is O=C(Cc1ccc(Br)cc1)N/N=C\c1ccco1. The van der Waals surface area contributed by atoms with Crippen molar-refractivity contribution in [3.05, 3.63) is 58.5 Å². The number of benzene rings is 1. The van der Waals surface area contributed by atoms with Crippen LogP contribution in [0.1, 0.15) is 11.3 Å². The Balaban J connectivity index is 1.84. The van der Waals surface area contributed by atoms with E-state index in [-0.39, 0.29) is 5.91 Å². The molecule has 1 aromatic carbocycles. The van der Waals surface area contributed by atoms with Crippen LogP contribution < -0.4 is 5.43 Å². The molecule has 0 aliphatic carbocycles. The second kappa shape index (κ2) is 6.16. The Morgan fingerprint density at radius 1 is 1.33 bits per heavy atom. The number of hydrogen-bond donors (Lipinski definition) is 1. The Bertz CT molecular complexity index is 533. The second-order valence-corrected chi connectivity index (χ2v) is 4.53. The molecule has 1 heterocycles. The van der Waals surface area contributed by atoms with Crippen LogP contribution in [0.4, 0.5) is 0 Å². The van der Waals surface area contributed by atoms with Crippen LogP contribution in [0.25, 0.3) is 0 Å². The van der Waals surface area contributed by atoms with Gasteiger partial charge >= 0.3 is 0 Å². The van der Waals surface area contributed by atoms with E-state index >= 15 is 0 Å². The zero-order chi connectivity index (χ0) is 12.8. The van der Waals surface area contributed by atoms with Crippen molar-refractivity contribution in [2.75, 3.05) is 0 Å². The molecular formula is C13H11BrN2O2. The average molecular weight is 307 g/mol. The Morgan fingerprint density at radius 3 is 2.78 bits per heavy atom. The highest BCUT2D eigenvalue weighted by atomic mass is 79.9. The summed E-state index contributed by atoms with van der Waals surface area (Å²) in [6.45, 7) is 0. The highest BCUT2D eigenvalue weighted by Crippen LogP contribution is 2.10. The van der Waals surface area contributed by atoms with E-state index < -0.39 is 0 Å². The maximum atomic E-state index is 11.6. The number of carbonyl (C=O) groups is 1. The highest BCUT2D eigenvalue weighted by Gasteiger charge is 2.01. The number of amides is 1. The quantitative estimate of drug-likeness (QED) is 0.697. The number of hydrazone groups is 1. The summed E-state index contributed by atoms with van der Waals surface area (Å²) in [5, 5.41) is 3.80. The monoisotopic (exact) mass is 306 g/mol. The standard InChI is InChI=1S/C13H11BrN2O2/c14-11-5-3-10(4-6-11)8-13(17)16-15-9-12-2-1-7-18-12/h1-7,9H,8H2,(H,16,17)/b15-9-. The minimum absolute atomic E-state index is 0.167. The smallest absolute Gasteiger partial charge is 0.244 e. The second-order valence-electron chi connectivity index (χ2n) is 3.61. The third-order valence-electron chi connectivity index (χ3n) is 2.20. The minimum Gasteiger partial charge on any atom is -0.463 e. The molecule has 0 spiro atoms. The highest BCUT2D eigenvalue weighted by molar-refractivity contribution is 9.10. The van der Waals surface area contributed by atoms with E-state index in [1.807, 2.05) is 24.3 Å². The van der Waals surface area contributed by atoms with Gasteiger partial charge in [0, 0.05) is 4.47 Å². The molecule has 18 heavy (non-hydrogen) atoms. The Morgan fingerprint density at radius 2 is 2.11 bits per heavy atom. The van der Waals surface area contributed by atoms with Crippen LogP contribution in [0.3, 0.4) is 0 Å². The van der Waals surface area contributed by atoms with Crippen LogP contribution in [0, 0.1) is 0 Å². The van der Waals surface area contributed by atoms with E-state index in [0.29, 0.717) is 12.2 Å². The molecule has 0 atom stereocenters. The summed E-state index contributed by atoms with van der Waals surface area (Å²) in [4.78, 5) is 11.6. The molecule has 0 bridgehead atoms. The van der Waals surface area contributed by atoms with Gasteiger partial charge in [-0.2, -0.15) is 5.10 Å². The molecule has 5 heteroatoms. The number of rotatable bonds is 4. The van der Waals surface area contributed by atoms with Crippen molar-refractivity contribution in [3.8, 4) is 0 Å². The summed E-state index contributed by atoms with van der Waals surface area (Å²) in [6.07, 6.45) is 3.30. The lowest BCUT2D eigenvalue weighted by Gasteiger charge is -2.00. The molecule has 1 N–H and O–H groups in total. The van der Waals surface area contributed by atoms with E-state index in [2.05, 4.69) is 26.5 Å². The summed E-state index contributed by atoms with van der Waals surface area (Å²) < 4.78 is 6.03. The lowest BCUT2D eigenvalue weighted by molar-refractivity contribution is -0.120. The normalized spacial score (nSPS) is 10.7. The van der Waals surface area contributed by atoms with Crippen molar-refractivity contribution in [2.45, 2.75) is 6.42 Å². The number of nitrogens with one attached hydrogen (secondary N) is 1. The number of carbonyl (C=O) groups excluding carboxylic acids is 1. The molecule has 1 aromatic heterocycles. The van der Waals surface area contributed by atoms with E-state index in [9.17, 15) is 4.79 Å². The largest absolute Gasteiger partial charge is 0.463 e. The number of furan rings is 1. The fourth-order valence-electron chi connectivity index (χ4n) is 1.36. The van der Waals surface area contributed by atoms with Crippen molar-refractivity contribution in [1.29, 1.82) is 0 Å². The molecule has 1 amide bonds. The molecule has 0 aliphatic rings. The average Bonchev–Trinajstić information content (AvgIpc) is 2.85. The molecule has 0 saturated heterocycles. The molecule has 0 unspecified atom stereocenters. The predicted octanol–water partition coefficient (Wildman–Crippen LogP) is 2.73. The van der Waals surface area contributed by atoms with Crippen molar-refractivity contribution < 1.29 is 9.21 Å². The third kappa shape index (κ3) is 3.85. The molecular weight excluding hydrogens is 296 g/mol. The summed E-state index contributed by atoms with van der Waals surface area (Å²) >= 11 is 3.34. The first kappa shape index (κ1) is 12.6. The van der Waals surface area contributed by atoms with Gasteiger partial charge in [0.15, 0.2) is 0 Å². The molecule has 2 aromatic rings. The summed E-state index contributed by atoms with van der Waals surface area (Å²) in [6, 6.07) is 11.1. The first-order chi connectivity index (χ1) is 8.74. The maximum absolute atomic E-state index is 11.6. The van der Waals surface area contributed by atoms with Crippen molar-refractivity contribution >= 4 is 28.1 Å². The van der Waals surface area contributed by atoms with Gasteiger partial charge in [-0.15, -0.1) is 0 Å². The lowest BCUT2D eigenvalue weighted by atomic mass is 10.1. The molecule has 0 radical (unpaired) electrons. The van der Waals surface area contributed by atoms with Crippen molar-refractivity contribution in [1.82, 2.24) is 5.43 Å². The van der Waals surface area contributed by atoms with Crippen LogP contribution in [0.2, 0.25) is 0 Å². The van der Waals surface area contributed by atoms with Gasteiger partial charge in [0.2, 0.25) is 5.91 Å². The van der Waals surface area contributed by atoms with Crippen LogP contribution in [0.15, 0.2) is 56.7 Å². The molecule has 2 rings (SSSR count). The zero-order valence-electron chi connectivity index (χ0n) is 9.47.